The highest BCUT2D eigenvalue weighted by Gasteiger charge is 2.41. The molecule has 0 aromatic heterocycles. The van der Waals surface area contributed by atoms with Crippen LogP contribution in [0.3, 0.4) is 0 Å². The minimum absolute atomic E-state index is 0.0670. The molecule has 0 amide bonds. The molecule has 120 valence electrons. The zero-order valence-corrected chi connectivity index (χ0v) is 13.1. The zero-order valence-electron chi connectivity index (χ0n) is 12.3. The van der Waals surface area contributed by atoms with Gasteiger partial charge in [0, 0.05) is 25.7 Å². The predicted octanol–water partition coefficient (Wildman–Crippen LogP) is 1.06. The van der Waals surface area contributed by atoms with E-state index in [1.54, 1.807) is 6.07 Å². The number of hydrogen-bond donors (Lipinski definition) is 0. The lowest BCUT2D eigenvalue weighted by molar-refractivity contribution is 0.142. The van der Waals surface area contributed by atoms with Crippen LogP contribution in [0.25, 0.3) is 0 Å². The lowest BCUT2D eigenvalue weighted by atomic mass is 10.2. The molecule has 0 radical (unpaired) electrons. The van der Waals surface area contributed by atoms with Crippen molar-refractivity contribution >= 4 is 10.0 Å². The molecule has 1 aromatic rings. The third-order valence-corrected chi connectivity index (χ3v) is 6.15. The van der Waals surface area contributed by atoms with Crippen molar-refractivity contribution in [3.8, 4) is 12.1 Å². The molecule has 3 rings (SSSR count). The second-order valence-corrected chi connectivity index (χ2v) is 7.64. The van der Waals surface area contributed by atoms with Gasteiger partial charge in [-0.05, 0) is 31.0 Å². The Morgan fingerprint density at radius 1 is 1.22 bits per heavy atom. The van der Waals surface area contributed by atoms with Crippen molar-refractivity contribution in [2.75, 3.05) is 19.6 Å². The summed E-state index contributed by atoms with van der Waals surface area (Å²) in [6.07, 6.45) is 2.09. The first kappa shape index (κ1) is 15.9. The second kappa shape index (κ2) is 5.89. The Labute approximate surface area is 134 Å². The van der Waals surface area contributed by atoms with E-state index in [0.717, 1.165) is 31.0 Å². The van der Waals surface area contributed by atoms with Crippen molar-refractivity contribution in [1.82, 2.24) is 9.21 Å². The Morgan fingerprint density at radius 3 is 2.57 bits per heavy atom. The van der Waals surface area contributed by atoms with Crippen LogP contribution < -0.4 is 0 Å². The summed E-state index contributed by atoms with van der Waals surface area (Å²) in [6, 6.07) is 6.82. The van der Waals surface area contributed by atoms with E-state index < -0.39 is 21.9 Å². The Hall–Kier alpha value is -2.00. The van der Waals surface area contributed by atoms with Crippen molar-refractivity contribution < 1.29 is 12.8 Å². The number of benzene rings is 1. The van der Waals surface area contributed by atoms with Gasteiger partial charge in [0.05, 0.1) is 11.6 Å². The summed E-state index contributed by atoms with van der Waals surface area (Å²) in [4.78, 5) is 1.83. The summed E-state index contributed by atoms with van der Waals surface area (Å²) >= 11 is 0. The van der Waals surface area contributed by atoms with Gasteiger partial charge in [0.25, 0.3) is 0 Å². The molecule has 6 nitrogen and oxygen atoms in total. The van der Waals surface area contributed by atoms with Gasteiger partial charge < -0.3 is 0 Å². The molecule has 1 unspecified atom stereocenters. The Morgan fingerprint density at radius 2 is 1.96 bits per heavy atom. The normalized spacial score (nSPS) is 23.2. The molecule has 8 heteroatoms. The number of sulfonamides is 1. The van der Waals surface area contributed by atoms with Crippen LogP contribution >= 0.6 is 0 Å². The standard InChI is InChI=1S/C15H15FN4O2S/c16-12-1-4-15(11(7-12)8-17)23(21,22)19-5-6-20(13-2-3-13)14(9-18)10-19/h1,4,7,13-14H,2-3,5-6,10H2. The fourth-order valence-electron chi connectivity index (χ4n) is 2.90. The summed E-state index contributed by atoms with van der Waals surface area (Å²) in [5, 5.41) is 18.4. The van der Waals surface area contributed by atoms with Gasteiger partial charge in [0.1, 0.15) is 22.8 Å². The molecule has 1 aliphatic carbocycles. The van der Waals surface area contributed by atoms with Gasteiger partial charge in [0.2, 0.25) is 10.0 Å². The zero-order chi connectivity index (χ0) is 16.6. The fourth-order valence-corrected chi connectivity index (χ4v) is 4.46. The average molecular weight is 334 g/mol. The average Bonchev–Trinajstić information content (AvgIpc) is 3.38. The van der Waals surface area contributed by atoms with E-state index in [-0.39, 0.29) is 23.5 Å². The molecule has 2 fully saturated rings. The van der Waals surface area contributed by atoms with Crippen LogP contribution in [0.15, 0.2) is 23.1 Å². The fraction of sp³-hybridized carbons (Fsp3) is 0.467. The Bertz CT molecular complexity index is 808. The van der Waals surface area contributed by atoms with E-state index in [1.807, 2.05) is 4.90 Å². The van der Waals surface area contributed by atoms with Crippen molar-refractivity contribution in [2.45, 2.75) is 29.8 Å². The van der Waals surface area contributed by atoms with Crippen LogP contribution in [0.2, 0.25) is 0 Å². The first-order valence-electron chi connectivity index (χ1n) is 7.32. The van der Waals surface area contributed by atoms with E-state index in [9.17, 15) is 18.1 Å². The predicted molar refractivity (Wildman–Crippen MR) is 79.0 cm³/mol. The molecular weight excluding hydrogens is 319 g/mol. The Kier molecular flexibility index (Phi) is 4.07. The monoisotopic (exact) mass is 334 g/mol. The smallest absolute Gasteiger partial charge is 0.244 e. The molecule has 0 bridgehead atoms. The summed E-state index contributed by atoms with van der Waals surface area (Å²) in [5.41, 5.74) is -0.219. The first-order valence-corrected chi connectivity index (χ1v) is 8.76. The van der Waals surface area contributed by atoms with Gasteiger partial charge in [-0.15, -0.1) is 0 Å². The summed E-state index contributed by atoms with van der Waals surface area (Å²) in [5.74, 6) is -0.658. The van der Waals surface area contributed by atoms with E-state index >= 15 is 0 Å². The SMILES string of the molecule is N#Cc1cc(F)ccc1S(=O)(=O)N1CCN(C2CC2)C(C#N)C1. The van der Waals surface area contributed by atoms with Crippen LogP contribution in [-0.2, 0) is 10.0 Å². The van der Waals surface area contributed by atoms with Crippen molar-refractivity contribution in [3.05, 3.63) is 29.6 Å². The maximum absolute atomic E-state index is 13.2. The lowest BCUT2D eigenvalue weighted by Crippen LogP contribution is -2.54. The molecule has 1 saturated heterocycles. The van der Waals surface area contributed by atoms with E-state index in [2.05, 4.69) is 6.07 Å². The highest BCUT2D eigenvalue weighted by molar-refractivity contribution is 7.89. The number of hydrogen-bond acceptors (Lipinski definition) is 5. The lowest BCUT2D eigenvalue weighted by Gasteiger charge is -2.37. The van der Waals surface area contributed by atoms with Gasteiger partial charge in [-0.1, -0.05) is 0 Å². The summed E-state index contributed by atoms with van der Waals surface area (Å²) in [6.45, 7) is 0.821. The molecule has 1 atom stereocenters. The van der Waals surface area contributed by atoms with Crippen LogP contribution in [0.1, 0.15) is 18.4 Å². The molecule has 1 heterocycles. The van der Waals surface area contributed by atoms with Gasteiger partial charge >= 0.3 is 0 Å². The van der Waals surface area contributed by atoms with Gasteiger partial charge in [-0.25, -0.2) is 12.8 Å². The van der Waals surface area contributed by atoms with Crippen molar-refractivity contribution in [3.63, 3.8) is 0 Å². The van der Waals surface area contributed by atoms with Gasteiger partial charge in [-0.3, -0.25) is 4.90 Å². The highest BCUT2D eigenvalue weighted by atomic mass is 32.2. The Balaban J connectivity index is 1.89. The van der Waals surface area contributed by atoms with Gasteiger partial charge in [-0.2, -0.15) is 14.8 Å². The van der Waals surface area contributed by atoms with Crippen LogP contribution in [0.5, 0.6) is 0 Å². The molecule has 0 N–H and O–H groups in total. The molecular formula is C15H15FN4O2S. The summed E-state index contributed by atoms with van der Waals surface area (Å²) in [7, 11) is -3.93. The molecule has 0 spiro atoms. The van der Waals surface area contributed by atoms with E-state index in [4.69, 9.17) is 5.26 Å². The topological polar surface area (TPSA) is 88.2 Å². The third kappa shape index (κ3) is 2.93. The summed E-state index contributed by atoms with van der Waals surface area (Å²) < 4.78 is 39.9. The molecule has 1 saturated carbocycles. The maximum atomic E-state index is 13.2. The minimum Gasteiger partial charge on any atom is -0.283 e. The first-order chi connectivity index (χ1) is 11.0. The van der Waals surface area contributed by atoms with Crippen LogP contribution in [0, 0.1) is 28.5 Å². The second-order valence-electron chi connectivity index (χ2n) is 5.73. The largest absolute Gasteiger partial charge is 0.283 e. The van der Waals surface area contributed by atoms with E-state index in [1.165, 1.54) is 4.31 Å². The molecule has 23 heavy (non-hydrogen) atoms. The quantitative estimate of drug-likeness (QED) is 0.825. The molecule has 2 aliphatic rings. The molecule has 1 aliphatic heterocycles. The number of nitriles is 2. The number of rotatable bonds is 3. The maximum Gasteiger partial charge on any atom is 0.244 e. The minimum atomic E-state index is -3.93. The van der Waals surface area contributed by atoms with Crippen LogP contribution in [0.4, 0.5) is 4.39 Å². The van der Waals surface area contributed by atoms with Crippen molar-refractivity contribution in [2.24, 2.45) is 0 Å². The van der Waals surface area contributed by atoms with Crippen LogP contribution in [-0.4, -0.2) is 49.3 Å². The highest BCUT2D eigenvalue weighted by Crippen LogP contribution is 2.31. The molecule has 1 aromatic carbocycles. The number of halogens is 1. The third-order valence-electron chi connectivity index (χ3n) is 4.23. The van der Waals surface area contributed by atoms with E-state index in [0.29, 0.717) is 12.6 Å². The van der Waals surface area contributed by atoms with Gasteiger partial charge in [0.15, 0.2) is 0 Å². The van der Waals surface area contributed by atoms with Crippen molar-refractivity contribution in [1.29, 1.82) is 10.5 Å². The number of piperazine rings is 1. The number of nitrogens with zero attached hydrogens (tertiary/aromatic N) is 4.